The Bertz CT molecular complexity index is 2450. The Kier molecular flexibility index (Phi) is 5.50. The lowest BCUT2D eigenvalue weighted by molar-refractivity contribution is 0.620. The molecular weight excluding hydrogens is 536 g/mol. The average molecular weight is 563 g/mol. The van der Waals surface area contributed by atoms with Gasteiger partial charge in [0.1, 0.15) is 5.52 Å². The summed E-state index contributed by atoms with van der Waals surface area (Å²) in [6, 6.07) is 55.9. The zero-order chi connectivity index (χ0) is 29.0. The fourth-order valence-corrected chi connectivity index (χ4v) is 6.40. The van der Waals surface area contributed by atoms with Crippen molar-refractivity contribution < 1.29 is 4.42 Å². The molecule has 9 rings (SSSR count). The Morgan fingerprint density at radius 2 is 1.05 bits per heavy atom. The summed E-state index contributed by atoms with van der Waals surface area (Å²) in [7, 11) is 0. The fourth-order valence-electron chi connectivity index (χ4n) is 6.40. The maximum atomic E-state index is 5.96. The normalized spacial score (nSPS) is 11.6. The molecule has 0 saturated carbocycles. The van der Waals surface area contributed by atoms with Gasteiger partial charge in [0.25, 0.3) is 0 Å². The summed E-state index contributed by atoms with van der Waals surface area (Å²) in [4.78, 5) is 4.64. The number of hydrogen-bond donors (Lipinski definition) is 0. The van der Waals surface area contributed by atoms with Crippen molar-refractivity contribution in [1.82, 2.24) is 9.55 Å². The number of nitrogens with zero attached hydrogens (tertiary/aromatic N) is 2. The SMILES string of the molecule is c1ccc2cc(-c3ccc4c(c3)c3ccccc3n4-c3ccc(-c4ccc(-c5nc6ccccc6o5)cc4)cc3)ccc2c1. The molecule has 0 aliphatic carbocycles. The van der Waals surface area contributed by atoms with Crippen LogP contribution in [0, 0.1) is 0 Å². The van der Waals surface area contributed by atoms with E-state index < -0.39 is 0 Å². The van der Waals surface area contributed by atoms with E-state index in [0.717, 1.165) is 33.5 Å². The van der Waals surface area contributed by atoms with E-state index >= 15 is 0 Å². The van der Waals surface area contributed by atoms with Crippen LogP contribution in [0.5, 0.6) is 0 Å². The highest BCUT2D eigenvalue weighted by molar-refractivity contribution is 6.10. The summed E-state index contributed by atoms with van der Waals surface area (Å²) in [5, 5.41) is 5.03. The third-order valence-electron chi connectivity index (χ3n) is 8.64. The average Bonchev–Trinajstić information content (AvgIpc) is 3.68. The molecule has 0 atom stereocenters. The third kappa shape index (κ3) is 4.02. The van der Waals surface area contributed by atoms with Crippen LogP contribution in [0.1, 0.15) is 0 Å². The number of rotatable bonds is 4. The van der Waals surface area contributed by atoms with Gasteiger partial charge in [-0.2, -0.15) is 0 Å². The first-order chi connectivity index (χ1) is 21.8. The van der Waals surface area contributed by atoms with Crippen LogP contribution in [-0.2, 0) is 0 Å². The van der Waals surface area contributed by atoms with E-state index in [9.17, 15) is 0 Å². The van der Waals surface area contributed by atoms with Crippen LogP contribution in [0.25, 0.3) is 83.1 Å². The van der Waals surface area contributed by atoms with Gasteiger partial charge in [-0.1, -0.05) is 97.1 Å². The first-order valence-electron chi connectivity index (χ1n) is 14.9. The summed E-state index contributed by atoms with van der Waals surface area (Å²) in [5.41, 5.74) is 11.0. The monoisotopic (exact) mass is 562 g/mol. The minimum absolute atomic E-state index is 0.642. The summed E-state index contributed by atoms with van der Waals surface area (Å²) in [6.07, 6.45) is 0. The molecule has 0 radical (unpaired) electrons. The highest BCUT2D eigenvalue weighted by Gasteiger charge is 2.14. The molecule has 2 heterocycles. The molecule has 2 aromatic heterocycles. The van der Waals surface area contributed by atoms with Gasteiger partial charge >= 0.3 is 0 Å². The van der Waals surface area contributed by atoms with E-state index in [1.54, 1.807) is 0 Å². The lowest BCUT2D eigenvalue weighted by atomic mass is 9.99. The van der Waals surface area contributed by atoms with Gasteiger partial charge in [0.2, 0.25) is 5.89 Å². The molecule has 0 bridgehead atoms. The van der Waals surface area contributed by atoms with E-state index in [1.165, 1.54) is 43.7 Å². The minimum Gasteiger partial charge on any atom is -0.436 e. The van der Waals surface area contributed by atoms with E-state index in [0.29, 0.717) is 5.89 Å². The molecule has 44 heavy (non-hydrogen) atoms. The van der Waals surface area contributed by atoms with Gasteiger partial charge in [-0.05, 0) is 93.7 Å². The van der Waals surface area contributed by atoms with Crippen molar-refractivity contribution >= 4 is 43.7 Å². The van der Waals surface area contributed by atoms with Gasteiger partial charge < -0.3 is 8.98 Å². The van der Waals surface area contributed by atoms with Crippen LogP contribution in [0.3, 0.4) is 0 Å². The van der Waals surface area contributed by atoms with Crippen LogP contribution >= 0.6 is 0 Å². The van der Waals surface area contributed by atoms with Crippen molar-refractivity contribution in [3.05, 3.63) is 158 Å². The topological polar surface area (TPSA) is 31.0 Å². The molecule has 0 spiro atoms. The standard InChI is InChI=1S/C41H26N2O/c1-2-8-31-25-32(18-15-27(31)7-1)33-21-24-39-36(26-33)35-9-3-5-11-38(35)43(39)34-22-19-29(20-23-34)28-13-16-30(17-14-28)41-42-37-10-4-6-12-40(37)44-41/h1-26H. The third-order valence-corrected chi connectivity index (χ3v) is 8.64. The molecule has 0 N–H and O–H groups in total. The molecule has 0 amide bonds. The second kappa shape index (κ2) is 9.82. The summed E-state index contributed by atoms with van der Waals surface area (Å²) < 4.78 is 8.33. The van der Waals surface area contributed by atoms with E-state index in [2.05, 4.69) is 143 Å². The Morgan fingerprint density at radius 1 is 0.432 bits per heavy atom. The molecule has 3 nitrogen and oxygen atoms in total. The minimum atomic E-state index is 0.642. The number of oxazole rings is 1. The Labute approximate surface area is 254 Å². The van der Waals surface area contributed by atoms with E-state index in [-0.39, 0.29) is 0 Å². The van der Waals surface area contributed by atoms with Crippen molar-refractivity contribution in [2.75, 3.05) is 0 Å². The molecule has 206 valence electrons. The summed E-state index contributed by atoms with van der Waals surface area (Å²) in [5.74, 6) is 0.642. The highest BCUT2D eigenvalue weighted by Crippen LogP contribution is 2.36. The predicted molar refractivity (Wildman–Crippen MR) is 182 cm³/mol. The van der Waals surface area contributed by atoms with Gasteiger partial charge in [0, 0.05) is 22.0 Å². The molecule has 9 aromatic rings. The number of fused-ring (bicyclic) bond motifs is 5. The molecule has 0 fully saturated rings. The van der Waals surface area contributed by atoms with Crippen molar-refractivity contribution in [1.29, 1.82) is 0 Å². The highest BCUT2D eigenvalue weighted by atomic mass is 16.3. The molecular formula is C41H26N2O. The Balaban J connectivity index is 1.08. The number of benzene rings is 7. The number of aromatic nitrogens is 2. The van der Waals surface area contributed by atoms with Crippen LogP contribution in [-0.4, -0.2) is 9.55 Å². The first-order valence-corrected chi connectivity index (χ1v) is 14.9. The maximum Gasteiger partial charge on any atom is 0.227 e. The zero-order valence-corrected chi connectivity index (χ0v) is 23.8. The number of para-hydroxylation sites is 3. The zero-order valence-electron chi connectivity index (χ0n) is 23.8. The van der Waals surface area contributed by atoms with Gasteiger partial charge in [0.05, 0.1) is 11.0 Å². The molecule has 0 unspecified atom stereocenters. The predicted octanol–water partition coefficient (Wildman–Crippen LogP) is 11.1. The smallest absolute Gasteiger partial charge is 0.227 e. The largest absolute Gasteiger partial charge is 0.436 e. The second-order valence-electron chi connectivity index (χ2n) is 11.3. The van der Waals surface area contributed by atoms with Crippen molar-refractivity contribution in [2.45, 2.75) is 0 Å². The molecule has 0 saturated heterocycles. The van der Waals surface area contributed by atoms with Gasteiger partial charge in [-0.15, -0.1) is 0 Å². The quantitative estimate of drug-likeness (QED) is 0.214. The molecule has 7 aromatic carbocycles. The fraction of sp³-hybridized carbons (Fsp3) is 0. The van der Waals surface area contributed by atoms with E-state index in [4.69, 9.17) is 4.42 Å². The van der Waals surface area contributed by atoms with Crippen LogP contribution < -0.4 is 0 Å². The summed E-state index contributed by atoms with van der Waals surface area (Å²) in [6.45, 7) is 0. The molecule has 0 aliphatic heterocycles. The lowest BCUT2D eigenvalue weighted by Crippen LogP contribution is -1.93. The van der Waals surface area contributed by atoms with Crippen LogP contribution in [0.4, 0.5) is 0 Å². The molecule has 0 aliphatic rings. The van der Waals surface area contributed by atoms with Crippen molar-refractivity contribution in [2.24, 2.45) is 0 Å². The van der Waals surface area contributed by atoms with Gasteiger partial charge in [-0.3, -0.25) is 0 Å². The Hall–Kier alpha value is -5.93. The van der Waals surface area contributed by atoms with Crippen LogP contribution in [0.2, 0.25) is 0 Å². The second-order valence-corrected chi connectivity index (χ2v) is 11.3. The first kappa shape index (κ1) is 24.6. The van der Waals surface area contributed by atoms with Crippen LogP contribution in [0.15, 0.2) is 162 Å². The lowest BCUT2D eigenvalue weighted by Gasteiger charge is -2.10. The Morgan fingerprint density at radius 3 is 1.89 bits per heavy atom. The van der Waals surface area contributed by atoms with E-state index in [1.807, 2.05) is 24.3 Å². The maximum absolute atomic E-state index is 5.96. The molecule has 3 heteroatoms. The van der Waals surface area contributed by atoms with Gasteiger partial charge in [-0.25, -0.2) is 4.98 Å². The van der Waals surface area contributed by atoms with Crippen molar-refractivity contribution in [3.63, 3.8) is 0 Å². The summed E-state index contributed by atoms with van der Waals surface area (Å²) >= 11 is 0. The number of hydrogen-bond acceptors (Lipinski definition) is 2. The van der Waals surface area contributed by atoms with Crippen molar-refractivity contribution in [3.8, 4) is 39.4 Å². The van der Waals surface area contributed by atoms with Gasteiger partial charge in [0.15, 0.2) is 5.58 Å².